The lowest BCUT2D eigenvalue weighted by molar-refractivity contribution is 0.0698. The van der Waals surface area contributed by atoms with E-state index in [2.05, 4.69) is 5.32 Å². The van der Waals surface area contributed by atoms with Gasteiger partial charge in [0.05, 0.1) is 10.4 Å². The fourth-order valence-electron chi connectivity index (χ4n) is 2.00. The average Bonchev–Trinajstić information content (AvgIpc) is 3.03. The van der Waals surface area contributed by atoms with E-state index < -0.39 is 5.97 Å². The minimum Gasteiger partial charge on any atom is -0.478 e. The number of thioether (sulfide) groups is 1. The average molecular weight is 325 g/mol. The molecular weight excluding hydrogens is 314 g/mol. The van der Waals surface area contributed by atoms with Crippen molar-refractivity contribution >= 4 is 51.3 Å². The van der Waals surface area contributed by atoms with Gasteiger partial charge in [0.2, 0.25) is 0 Å². The minimum atomic E-state index is -1.02. The Balaban J connectivity index is 1.81. The first-order chi connectivity index (χ1) is 9.65. The van der Waals surface area contributed by atoms with Gasteiger partial charge in [0, 0.05) is 10.6 Å². The van der Waals surface area contributed by atoms with Crippen LogP contribution in [-0.4, -0.2) is 22.7 Å². The third-order valence-corrected chi connectivity index (χ3v) is 6.05. The van der Waals surface area contributed by atoms with Crippen LogP contribution in [0.15, 0.2) is 17.5 Å². The molecule has 0 aliphatic carbocycles. The second-order valence-electron chi connectivity index (χ2n) is 4.28. The van der Waals surface area contributed by atoms with Crippen molar-refractivity contribution in [1.82, 2.24) is 0 Å². The van der Waals surface area contributed by atoms with Crippen LogP contribution < -0.4 is 5.32 Å². The molecule has 0 bridgehead atoms. The van der Waals surface area contributed by atoms with E-state index >= 15 is 0 Å². The minimum absolute atomic E-state index is 0.139. The first-order valence-electron chi connectivity index (χ1n) is 5.96. The molecule has 1 amide bonds. The summed E-state index contributed by atoms with van der Waals surface area (Å²) in [5.74, 6) is 0.809. The molecule has 1 aliphatic heterocycles. The maximum absolute atomic E-state index is 12.2. The summed E-state index contributed by atoms with van der Waals surface area (Å²) in [5.41, 5.74) is 1.38. The molecule has 3 rings (SSSR count). The van der Waals surface area contributed by atoms with Crippen LogP contribution in [0.3, 0.4) is 0 Å². The molecule has 2 N–H and O–H groups in total. The van der Waals surface area contributed by atoms with Crippen LogP contribution in [-0.2, 0) is 12.2 Å². The third-order valence-electron chi connectivity index (χ3n) is 2.97. The molecule has 104 valence electrons. The van der Waals surface area contributed by atoms with Crippen LogP contribution in [0.25, 0.3) is 0 Å². The number of anilines is 1. The highest BCUT2D eigenvalue weighted by Crippen LogP contribution is 2.32. The SMILES string of the molecule is O=C(Nc1sccc1C(=O)O)c1cc2c(s1)CCSC2. The second kappa shape index (κ2) is 5.59. The Morgan fingerprint density at radius 3 is 2.95 bits per heavy atom. The van der Waals surface area contributed by atoms with Crippen molar-refractivity contribution in [2.75, 3.05) is 11.1 Å². The largest absolute Gasteiger partial charge is 0.478 e. The highest BCUT2D eigenvalue weighted by molar-refractivity contribution is 7.98. The van der Waals surface area contributed by atoms with Crippen molar-refractivity contribution in [3.63, 3.8) is 0 Å². The number of nitrogens with one attached hydrogen (secondary N) is 1. The number of thiophene rings is 2. The molecule has 7 heteroatoms. The van der Waals surface area contributed by atoms with Crippen LogP contribution in [0.2, 0.25) is 0 Å². The molecule has 20 heavy (non-hydrogen) atoms. The summed E-state index contributed by atoms with van der Waals surface area (Å²) in [6, 6.07) is 3.42. The van der Waals surface area contributed by atoms with Crippen molar-refractivity contribution in [1.29, 1.82) is 0 Å². The Morgan fingerprint density at radius 1 is 1.35 bits per heavy atom. The molecule has 2 aromatic heterocycles. The summed E-state index contributed by atoms with van der Waals surface area (Å²) in [6.45, 7) is 0. The quantitative estimate of drug-likeness (QED) is 0.905. The number of hydrogen-bond acceptors (Lipinski definition) is 5. The van der Waals surface area contributed by atoms with Crippen LogP contribution in [0, 0.1) is 0 Å². The highest BCUT2D eigenvalue weighted by atomic mass is 32.2. The fourth-order valence-corrected chi connectivity index (χ4v) is 5.04. The van der Waals surface area contributed by atoms with Crippen molar-refractivity contribution in [3.05, 3.63) is 38.4 Å². The van der Waals surface area contributed by atoms with Gasteiger partial charge in [0.15, 0.2) is 0 Å². The smallest absolute Gasteiger partial charge is 0.338 e. The van der Waals surface area contributed by atoms with Gasteiger partial charge in [-0.25, -0.2) is 4.79 Å². The standard InChI is InChI=1S/C13H11NO3S3/c15-11(14-12-8(13(16)17)1-4-19-12)10-5-7-6-18-3-2-9(7)20-10/h1,4-5H,2-3,6H2,(H,14,15)(H,16,17). The summed E-state index contributed by atoms with van der Waals surface area (Å²) in [6.07, 6.45) is 1.01. The van der Waals surface area contributed by atoms with Crippen LogP contribution in [0.1, 0.15) is 30.5 Å². The maximum Gasteiger partial charge on any atom is 0.338 e. The van der Waals surface area contributed by atoms with Crippen molar-refractivity contribution in [2.45, 2.75) is 12.2 Å². The van der Waals surface area contributed by atoms with E-state index in [-0.39, 0.29) is 11.5 Å². The summed E-state index contributed by atoms with van der Waals surface area (Å²) >= 11 is 4.61. The molecule has 3 heterocycles. The number of carboxylic acid groups (broad SMARTS) is 1. The zero-order valence-electron chi connectivity index (χ0n) is 10.3. The van der Waals surface area contributed by atoms with Gasteiger partial charge in [-0.1, -0.05) is 0 Å². The van der Waals surface area contributed by atoms with Gasteiger partial charge in [0.1, 0.15) is 5.00 Å². The molecule has 0 unspecified atom stereocenters. The van der Waals surface area contributed by atoms with E-state index in [1.54, 1.807) is 5.38 Å². The van der Waals surface area contributed by atoms with Gasteiger partial charge >= 0.3 is 5.97 Å². The summed E-state index contributed by atoms with van der Waals surface area (Å²) in [5, 5.41) is 13.8. The Morgan fingerprint density at radius 2 is 2.20 bits per heavy atom. The zero-order valence-corrected chi connectivity index (χ0v) is 12.8. The second-order valence-corrected chi connectivity index (χ2v) is 7.44. The number of hydrogen-bond donors (Lipinski definition) is 2. The van der Waals surface area contributed by atoms with Crippen molar-refractivity contribution in [2.24, 2.45) is 0 Å². The van der Waals surface area contributed by atoms with Gasteiger partial charge in [-0.05, 0) is 35.2 Å². The van der Waals surface area contributed by atoms with E-state index in [1.807, 2.05) is 17.8 Å². The van der Waals surface area contributed by atoms with E-state index in [4.69, 9.17) is 5.11 Å². The molecular formula is C13H11NO3S3. The van der Waals surface area contributed by atoms with Crippen molar-refractivity contribution < 1.29 is 14.7 Å². The Kier molecular flexibility index (Phi) is 3.82. The first kappa shape index (κ1) is 13.7. The fraction of sp³-hybridized carbons (Fsp3) is 0.231. The van der Waals surface area contributed by atoms with Gasteiger partial charge < -0.3 is 10.4 Å². The highest BCUT2D eigenvalue weighted by Gasteiger charge is 2.19. The number of carbonyl (C=O) groups excluding carboxylic acids is 1. The number of amides is 1. The number of fused-ring (bicyclic) bond motifs is 1. The molecule has 0 aromatic carbocycles. The topological polar surface area (TPSA) is 66.4 Å². The predicted molar refractivity (Wildman–Crippen MR) is 83.4 cm³/mol. The summed E-state index contributed by atoms with van der Waals surface area (Å²) in [7, 11) is 0. The molecule has 4 nitrogen and oxygen atoms in total. The lowest BCUT2D eigenvalue weighted by atomic mass is 10.2. The monoisotopic (exact) mass is 325 g/mol. The van der Waals surface area contributed by atoms with E-state index in [0.29, 0.717) is 9.88 Å². The molecule has 0 saturated carbocycles. The molecule has 0 spiro atoms. The Labute approximate surface area is 127 Å². The van der Waals surface area contributed by atoms with E-state index in [1.165, 1.54) is 39.2 Å². The van der Waals surface area contributed by atoms with Crippen LogP contribution in [0.4, 0.5) is 5.00 Å². The Bertz CT molecular complexity index is 651. The molecule has 2 aromatic rings. The molecule has 0 radical (unpaired) electrons. The Hall–Kier alpha value is -1.31. The first-order valence-corrected chi connectivity index (χ1v) is 8.81. The van der Waals surface area contributed by atoms with Crippen LogP contribution in [0.5, 0.6) is 0 Å². The van der Waals surface area contributed by atoms with E-state index in [9.17, 15) is 9.59 Å². The lowest BCUT2D eigenvalue weighted by Gasteiger charge is -2.08. The third kappa shape index (κ3) is 2.61. The van der Waals surface area contributed by atoms with Gasteiger partial charge in [0.25, 0.3) is 5.91 Å². The van der Waals surface area contributed by atoms with Gasteiger partial charge in [-0.3, -0.25) is 4.79 Å². The maximum atomic E-state index is 12.2. The molecule has 0 fully saturated rings. The summed E-state index contributed by atoms with van der Waals surface area (Å²) < 4.78 is 0. The van der Waals surface area contributed by atoms with Crippen molar-refractivity contribution in [3.8, 4) is 0 Å². The number of aryl methyl sites for hydroxylation is 1. The van der Waals surface area contributed by atoms with Gasteiger partial charge in [-0.15, -0.1) is 22.7 Å². The van der Waals surface area contributed by atoms with E-state index in [0.717, 1.165) is 17.9 Å². The predicted octanol–water partition coefficient (Wildman–Crippen LogP) is 3.55. The zero-order chi connectivity index (χ0) is 14.1. The lowest BCUT2D eigenvalue weighted by Crippen LogP contribution is -2.11. The van der Waals surface area contributed by atoms with Gasteiger partial charge in [-0.2, -0.15) is 11.8 Å². The molecule has 0 saturated heterocycles. The molecule has 1 aliphatic rings. The number of carboxylic acids is 1. The molecule has 0 atom stereocenters. The normalized spacial score (nSPS) is 13.8. The number of aromatic carboxylic acids is 1. The number of rotatable bonds is 3. The van der Waals surface area contributed by atoms with Crippen LogP contribution >= 0.6 is 34.4 Å². The summed E-state index contributed by atoms with van der Waals surface area (Å²) in [4.78, 5) is 25.2. The number of carbonyl (C=O) groups is 2.